The normalized spacial score (nSPS) is 10.6. The molecule has 0 spiro atoms. The van der Waals surface area contributed by atoms with Gasteiger partial charge in [0.1, 0.15) is 18.1 Å². The second-order valence-corrected chi connectivity index (χ2v) is 5.47. The maximum Gasteiger partial charge on any atom is 0.344 e. The summed E-state index contributed by atoms with van der Waals surface area (Å²) in [7, 11) is 0. The molecule has 0 aliphatic carbocycles. The van der Waals surface area contributed by atoms with Crippen molar-refractivity contribution in [1.82, 2.24) is 5.16 Å². The Balaban J connectivity index is 1.57. The summed E-state index contributed by atoms with van der Waals surface area (Å²) >= 11 is 0. The number of rotatable bonds is 6. The van der Waals surface area contributed by atoms with Crippen molar-refractivity contribution in [2.24, 2.45) is 0 Å². The summed E-state index contributed by atoms with van der Waals surface area (Å²) in [6.07, 6.45) is 0. The average Bonchev–Trinajstić information content (AvgIpc) is 3.00. The predicted octanol–water partition coefficient (Wildman–Crippen LogP) is 4.05. The summed E-state index contributed by atoms with van der Waals surface area (Å²) in [5, 5.41) is 3.87. The van der Waals surface area contributed by atoms with E-state index in [1.54, 1.807) is 25.1 Å². The number of esters is 1. The average molecular weight is 359 g/mol. The minimum atomic E-state index is -0.668. The lowest BCUT2D eigenvalue weighted by Crippen LogP contribution is -2.15. The van der Waals surface area contributed by atoms with Crippen molar-refractivity contribution in [3.8, 4) is 17.1 Å². The fraction of sp³-hybridized carbons (Fsp3) is 0.158. The van der Waals surface area contributed by atoms with Gasteiger partial charge in [0, 0.05) is 11.1 Å². The van der Waals surface area contributed by atoms with Gasteiger partial charge in [0.2, 0.25) is 0 Å². The molecule has 0 bridgehead atoms. The van der Waals surface area contributed by atoms with Crippen molar-refractivity contribution in [2.45, 2.75) is 13.5 Å². The maximum absolute atomic E-state index is 13.4. The van der Waals surface area contributed by atoms with Crippen molar-refractivity contribution in [3.63, 3.8) is 0 Å². The van der Waals surface area contributed by atoms with Crippen molar-refractivity contribution in [1.29, 1.82) is 0 Å². The van der Waals surface area contributed by atoms with Gasteiger partial charge in [-0.15, -0.1) is 0 Å². The summed E-state index contributed by atoms with van der Waals surface area (Å²) in [4.78, 5) is 11.8. The van der Waals surface area contributed by atoms with Crippen LogP contribution in [-0.2, 0) is 16.1 Å². The number of aromatic nitrogens is 1. The van der Waals surface area contributed by atoms with Crippen LogP contribution in [0.15, 0.2) is 53.1 Å². The minimum absolute atomic E-state index is 0.0272. The summed E-state index contributed by atoms with van der Waals surface area (Å²) in [6.45, 7) is 1.22. The van der Waals surface area contributed by atoms with E-state index in [0.29, 0.717) is 22.6 Å². The molecule has 0 saturated carbocycles. The number of nitrogens with zero attached hydrogens (tertiary/aromatic N) is 1. The van der Waals surface area contributed by atoms with E-state index >= 15 is 0 Å². The summed E-state index contributed by atoms with van der Waals surface area (Å²) in [5.41, 5.74) is 1.78. The molecule has 5 nitrogen and oxygen atoms in total. The third-order valence-electron chi connectivity index (χ3n) is 3.68. The molecule has 3 rings (SSSR count). The third-order valence-corrected chi connectivity index (χ3v) is 3.68. The molecule has 0 fully saturated rings. The number of hydrogen-bond donors (Lipinski definition) is 0. The van der Waals surface area contributed by atoms with Gasteiger partial charge in [0.05, 0.1) is 0 Å². The smallest absolute Gasteiger partial charge is 0.344 e. The molecule has 134 valence electrons. The van der Waals surface area contributed by atoms with Gasteiger partial charge >= 0.3 is 5.97 Å². The molecular formula is C19H15F2NO4. The fourth-order valence-electron chi connectivity index (χ4n) is 2.26. The maximum atomic E-state index is 13.4. The highest BCUT2D eigenvalue weighted by atomic mass is 19.1. The topological polar surface area (TPSA) is 61.6 Å². The molecule has 7 heteroatoms. The van der Waals surface area contributed by atoms with Gasteiger partial charge in [0.25, 0.3) is 0 Å². The van der Waals surface area contributed by atoms with Gasteiger partial charge in [-0.3, -0.25) is 0 Å². The summed E-state index contributed by atoms with van der Waals surface area (Å²) in [6, 6.07) is 11.5. The van der Waals surface area contributed by atoms with Gasteiger partial charge in [-0.2, -0.15) is 0 Å². The Labute approximate surface area is 148 Å². The second-order valence-electron chi connectivity index (χ2n) is 5.47. The van der Waals surface area contributed by atoms with Crippen LogP contribution in [0.25, 0.3) is 11.3 Å². The minimum Gasteiger partial charge on any atom is -0.479 e. The molecule has 1 heterocycles. The lowest BCUT2D eigenvalue weighted by Gasteiger charge is -2.07. The molecule has 3 aromatic rings. The van der Waals surface area contributed by atoms with Gasteiger partial charge in [-0.05, 0) is 43.3 Å². The van der Waals surface area contributed by atoms with E-state index in [2.05, 4.69) is 5.16 Å². The van der Waals surface area contributed by atoms with Crippen LogP contribution in [0.3, 0.4) is 0 Å². The van der Waals surface area contributed by atoms with Crippen molar-refractivity contribution in [3.05, 3.63) is 71.4 Å². The highest BCUT2D eigenvalue weighted by molar-refractivity contribution is 5.71. The number of ether oxygens (including phenoxy) is 2. The lowest BCUT2D eigenvalue weighted by molar-refractivity contribution is -0.147. The first-order chi connectivity index (χ1) is 12.5. The van der Waals surface area contributed by atoms with Gasteiger partial charge in [-0.25, -0.2) is 13.6 Å². The second kappa shape index (κ2) is 7.77. The summed E-state index contributed by atoms with van der Waals surface area (Å²) in [5.74, 6) is -1.13. The number of carbonyl (C=O) groups is 1. The molecule has 0 atom stereocenters. The van der Waals surface area contributed by atoms with Crippen LogP contribution in [0.4, 0.5) is 8.78 Å². The van der Waals surface area contributed by atoms with Crippen molar-refractivity contribution >= 4 is 5.97 Å². The first-order valence-corrected chi connectivity index (χ1v) is 7.78. The Bertz CT molecular complexity index is 906. The quantitative estimate of drug-likeness (QED) is 0.622. The molecule has 0 saturated heterocycles. The molecule has 0 unspecified atom stereocenters. The number of benzene rings is 2. The predicted molar refractivity (Wildman–Crippen MR) is 88.3 cm³/mol. The van der Waals surface area contributed by atoms with Gasteiger partial charge in [-0.1, -0.05) is 17.3 Å². The van der Waals surface area contributed by atoms with E-state index in [0.717, 1.165) is 0 Å². The Morgan fingerprint density at radius 2 is 1.85 bits per heavy atom. The Hall–Kier alpha value is -3.22. The van der Waals surface area contributed by atoms with E-state index < -0.39 is 18.4 Å². The van der Waals surface area contributed by atoms with Crippen LogP contribution in [0.5, 0.6) is 5.75 Å². The standard InChI is InChI=1S/C19H15F2NO4/c1-12-16(22-26-19(12)13-6-8-14(20)9-7-13)10-25-18(23)11-24-17-5-3-2-4-15(17)21/h2-9H,10-11H2,1H3. The molecule has 1 aromatic heterocycles. The fourth-order valence-corrected chi connectivity index (χ4v) is 2.26. The van der Waals surface area contributed by atoms with Crippen molar-refractivity contribution in [2.75, 3.05) is 6.61 Å². The molecule has 0 amide bonds. The highest BCUT2D eigenvalue weighted by Crippen LogP contribution is 2.26. The zero-order valence-electron chi connectivity index (χ0n) is 13.9. The zero-order valence-corrected chi connectivity index (χ0v) is 13.9. The Morgan fingerprint density at radius 1 is 1.12 bits per heavy atom. The highest BCUT2D eigenvalue weighted by Gasteiger charge is 2.16. The summed E-state index contributed by atoms with van der Waals surface area (Å²) < 4.78 is 41.8. The van der Waals surface area contributed by atoms with E-state index in [4.69, 9.17) is 14.0 Å². The molecular weight excluding hydrogens is 344 g/mol. The molecule has 0 aliphatic heterocycles. The first kappa shape index (κ1) is 17.6. The monoisotopic (exact) mass is 359 g/mol. The van der Waals surface area contributed by atoms with Gasteiger partial charge < -0.3 is 14.0 Å². The van der Waals surface area contributed by atoms with Gasteiger partial charge in [0.15, 0.2) is 23.9 Å². The van der Waals surface area contributed by atoms with Crippen LogP contribution >= 0.6 is 0 Å². The molecule has 2 aromatic carbocycles. The molecule has 0 radical (unpaired) electrons. The molecule has 26 heavy (non-hydrogen) atoms. The number of hydrogen-bond acceptors (Lipinski definition) is 5. The Kier molecular flexibility index (Phi) is 5.26. The van der Waals surface area contributed by atoms with Crippen LogP contribution < -0.4 is 4.74 Å². The third kappa shape index (κ3) is 4.05. The zero-order chi connectivity index (χ0) is 18.5. The number of carbonyl (C=O) groups excluding carboxylic acids is 1. The van der Waals surface area contributed by atoms with E-state index in [9.17, 15) is 13.6 Å². The largest absolute Gasteiger partial charge is 0.479 e. The van der Waals surface area contributed by atoms with Crippen LogP contribution in [0, 0.1) is 18.6 Å². The van der Waals surface area contributed by atoms with E-state index in [1.807, 2.05) is 0 Å². The number of halogens is 2. The lowest BCUT2D eigenvalue weighted by atomic mass is 10.1. The van der Waals surface area contributed by atoms with E-state index in [-0.39, 0.29) is 18.2 Å². The molecule has 0 aliphatic rings. The van der Waals surface area contributed by atoms with Crippen LogP contribution in [0.2, 0.25) is 0 Å². The van der Waals surface area contributed by atoms with Crippen LogP contribution in [0.1, 0.15) is 11.3 Å². The molecule has 0 N–H and O–H groups in total. The first-order valence-electron chi connectivity index (χ1n) is 7.78. The van der Waals surface area contributed by atoms with Crippen LogP contribution in [-0.4, -0.2) is 17.7 Å². The number of para-hydroxylation sites is 1. The van der Waals surface area contributed by atoms with E-state index in [1.165, 1.54) is 30.3 Å². The van der Waals surface area contributed by atoms with Crippen molar-refractivity contribution < 1.29 is 27.6 Å². The Morgan fingerprint density at radius 3 is 2.58 bits per heavy atom. The SMILES string of the molecule is Cc1c(COC(=O)COc2ccccc2F)noc1-c1ccc(F)cc1.